The fraction of sp³-hybridized carbons (Fsp3) is 0.385. The summed E-state index contributed by atoms with van der Waals surface area (Å²) in [5, 5.41) is 11.2. The van der Waals surface area contributed by atoms with Crippen LogP contribution < -0.4 is 5.32 Å². The Bertz CT molecular complexity index is 532. The molecule has 0 radical (unpaired) electrons. The highest BCUT2D eigenvalue weighted by molar-refractivity contribution is 8.00. The summed E-state index contributed by atoms with van der Waals surface area (Å²) in [5.74, 6) is -2.48. The molecule has 0 saturated heterocycles. The van der Waals surface area contributed by atoms with Gasteiger partial charge in [0.15, 0.2) is 0 Å². The number of hydrogen-bond acceptors (Lipinski definition) is 3. The maximum absolute atomic E-state index is 12.4. The third-order valence-corrected chi connectivity index (χ3v) is 3.38. The van der Waals surface area contributed by atoms with Crippen molar-refractivity contribution < 1.29 is 27.9 Å². The van der Waals surface area contributed by atoms with Crippen LogP contribution in [0.4, 0.5) is 13.2 Å². The van der Waals surface area contributed by atoms with Gasteiger partial charge in [-0.25, -0.2) is 4.79 Å². The predicted molar refractivity (Wildman–Crippen MR) is 72.1 cm³/mol. The van der Waals surface area contributed by atoms with Crippen molar-refractivity contribution in [1.82, 2.24) is 5.32 Å². The first kappa shape index (κ1) is 17.4. The van der Waals surface area contributed by atoms with Crippen molar-refractivity contribution in [3.63, 3.8) is 0 Å². The third-order valence-electron chi connectivity index (χ3n) is 2.58. The maximum Gasteiger partial charge on any atom is 0.446 e. The molecule has 2 N–H and O–H groups in total. The Balaban J connectivity index is 3.00. The number of alkyl halides is 3. The molecule has 1 aromatic rings. The first-order valence-electron chi connectivity index (χ1n) is 6.00. The molecule has 0 saturated carbocycles. The quantitative estimate of drug-likeness (QED) is 0.818. The van der Waals surface area contributed by atoms with E-state index in [1.54, 1.807) is 13.8 Å². The molecule has 0 aliphatic rings. The zero-order valence-corrected chi connectivity index (χ0v) is 12.1. The molecule has 0 heterocycles. The smallest absolute Gasteiger partial charge is 0.446 e. The highest BCUT2D eigenvalue weighted by atomic mass is 32.2. The number of amides is 1. The summed E-state index contributed by atoms with van der Waals surface area (Å²) in [6.07, 6.45) is 0. The molecule has 0 bridgehead atoms. The number of carbonyl (C=O) groups excluding carboxylic acids is 1. The SMILES string of the molecule is CC(C)[C@@H](NC(=O)c1ccccc1SC(F)(F)F)C(=O)O. The van der Waals surface area contributed by atoms with E-state index in [0.29, 0.717) is 0 Å². The van der Waals surface area contributed by atoms with Gasteiger partial charge < -0.3 is 10.4 Å². The second-order valence-electron chi connectivity index (χ2n) is 4.58. The molecule has 1 atom stereocenters. The van der Waals surface area contributed by atoms with E-state index < -0.39 is 41.1 Å². The summed E-state index contributed by atoms with van der Waals surface area (Å²) >= 11 is -0.409. The predicted octanol–water partition coefficient (Wildman–Crippen LogP) is 3.14. The number of carbonyl (C=O) groups is 2. The molecule has 1 aromatic carbocycles. The molecule has 1 amide bonds. The third kappa shape index (κ3) is 5.30. The average molecular weight is 321 g/mol. The second-order valence-corrected chi connectivity index (χ2v) is 5.68. The van der Waals surface area contributed by atoms with Gasteiger partial charge in [-0.1, -0.05) is 26.0 Å². The number of nitrogens with one attached hydrogen (secondary N) is 1. The molecule has 0 spiro atoms. The minimum Gasteiger partial charge on any atom is -0.480 e. The Morgan fingerprint density at radius 2 is 1.81 bits per heavy atom. The van der Waals surface area contributed by atoms with E-state index in [-0.39, 0.29) is 10.5 Å². The lowest BCUT2D eigenvalue weighted by Crippen LogP contribution is -2.44. The van der Waals surface area contributed by atoms with Crippen molar-refractivity contribution in [3.8, 4) is 0 Å². The fourth-order valence-electron chi connectivity index (χ4n) is 1.60. The van der Waals surface area contributed by atoms with Crippen molar-refractivity contribution in [1.29, 1.82) is 0 Å². The maximum atomic E-state index is 12.4. The molecule has 21 heavy (non-hydrogen) atoms. The van der Waals surface area contributed by atoms with Gasteiger partial charge in [0.1, 0.15) is 6.04 Å². The van der Waals surface area contributed by atoms with Crippen LogP contribution in [0, 0.1) is 5.92 Å². The lowest BCUT2D eigenvalue weighted by molar-refractivity contribution is -0.140. The van der Waals surface area contributed by atoms with Gasteiger partial charge in [0.05, 0.1) is 5.56 Å². The number of hydrogen-bond donors (Lipinski definition) is 2. The number of benzene rings is 1. The van der Waals surface area contributed by atoms with E-state index in [4.69, 9.17) is 5.11 Å². The highest BCUT2D eigenvalue weighted by Crippen LogP contribution is 2.38. The monoisotopic (exact) mass is 321 g/mol. The van der Waals surface area contributed by atoms with Gasteiger partial charge in [-0.3, -0.25) is 4.79 Å². The topological polar surface area (TPSA) is 66.4 Å². The lowest BCUT2D eigenvalue weighted by atomic mass is 10.0. The van der Waals surface area contributed by atoms with Gasteiger partial charge in [0.2, 0.25) is 0 Å². The molecule has 4 nitrogen and oxygen atoms in total. The number of halogens is 3. The molecule has 0 aliphatic heterocycles. The number of rotatable bonds is 5. The summed E-state index contributed by atoms with van der Waals surface area (Å²) < 4.78 is 37.3. The van der Waals surface area contributed by atoms with E-state index in [2.05, 4.69) is 5.32 Å². The first-order chi connectivity index (χ1) is 9.61. The molecule has 116 valence electrons. The number of carboxylic acid groups (broad SMARTS) is 1. The van der Waals surface area contributed by atoms with Crippen molar-refractivity contribution in [2.24, 2.45) is 5.92 Å². The Kier molecular flexibility index (Phi) is 5.65. The molecule has 0 fully saturated rings. The molecule has 8 heteroatoms. The molecular formula is C13H14F3NO3S. The van der Waals surface area contributed by atoms with Gasteiger partial charge in [0, 0.05) is 4.90 Å². The molecule has 1 rings (SSSR count). The first-order valence-corrected chi connectivity index (χ1v) is 6.82. The Morgan fingerprint density at radius 1 is 1.24 bits per heavy atom. The van der Waals surface area contributed by atoms with Crippen LogP contribution in [-0.4, -0.2) is 28.5 Å². The van der Waals surface area contributed by atoms with Crippen LogP contribution in [0.3, 0.4) is 0 Å². The van der Waals surface area contributed by atoms with Crippen LogP contribution in [0.25, 0.3) is 0 Å². The highest BCUT2D eigenvalue weighted by Gasteiger charge is 2.32. The van der Waals surface area contributed by atoms with E-state index in [1.165, 1.54) is 18.2 Å². The van der Waals surface area contributed by atoms with Crippen LogP contribution in [-0.2, 0) is 4.79 Å². The Morgan fingerprint density at radius 3 is 2.29 bits per heavy atom. The summed E-state index contributed by atoms with van der Waals surface area (Å²) in [5.41, 5.74) is -4.73. The van der Waals surface area contributed by atoms with Crippen molar-refractivity contribution in [2.45, 2.75) is 30.3 Å². The van der Waals surface area contributed by atoms with E-state index in [1.807, 2.05) is 0 Å². The average Bonchev–Trinajstić information content (AvgIpc) is 2.33. The summed E-state index contributed by atoms with van der Waals surface area (Å²) in [4.78, 5) is 22.8. The minimum atomic E-state index is -4.53. The van der Waals surface area contributed by atoms with E-state index >= 15 is 0 Å². The largest absolute Gasteiger partial charge is 0.480 e. The fourth-order valence-corrected chi connectivity index (χ4v) is 2.27. The van der Waals surface area contributed by atoms with Crippen LogP contribution in [0.5, 0.6) is 0 Å². The van der Waals surface area contributed by atoms with E-state index in [0.717, 1.165) is 6.07 Å². The molecule has 0 aliphatic carbocycles. The van der Waals surface area contributed by atoms with Crippen LogP contribution in [0.2, 0.25) is 0 Å². The molecular weight excluding hydrogens is 307 g/mol. The summed E-state index contributed by atoms with van der Waals surface area (Å²) in [7, 11) is 0. The van der Waals surface area contributed by atoms with Crippen molar-refractivity contribution in [2.75, 3.05) is 0 Å². The summed E-state index contributed by atoms with van der Waals surface area (Å²) in [6, 6.07) is 4.02. The zero-order valence-electron chi connectivity index (χ0n) is 11.3. The van der Waals surface area contributed by atoms with Gasteiger partial charge in [-0.05, 0) is 29.8 Å². The van der Waals surface area contributed by atoms with Gasteiger partial charge >= 0.3 is 11.5 Å². The van der Waals surface area contributed by atoms with E-state index in [9.17, 15) is 22.8 Å². The molecule has 0 aromatic heterocycles. The van der Waals surface area contributed by atoms with Crippen LogP contribution in [0.1, 0.15) is 24.2 Å². The lowest BCUT2D eigenvalue weighted by Gasteiger charge is -2.19. The minimum absolute atomic E-state index is 0.202. The normalized spacial score (nSPS) is 13.0. The number of thioether (sulfide) groups is 1. The van der Waals surface area contributed by atoms with Crippen LogP contribution in [0.15, 0.2) is 29.2 Å². The zero-order chi connectivity index (χ0) is 16.2. The summed E-state index contributed by atoms with van der Waals surface area (Å²) in [6.45, 7) is 3.19. The van der Waals surface area contributed by atoms with Gasteiger partial charge in [-0.2, -0.15) is 13.2 Å². The van der Waals surface area contributed by atoms with Crippen molar-refractivity contribution >= 4 is 23.6 Å². The standard InChI is InChI=1S/C13H14F3NO3S/c1-7(2)10(12(19)20)17-11(18)8-5-3-4-6-9(8)21-13(14,15)16/h3-7,10H,1-2H3,(H,17,18)(H,19,20)/t10-/m1/s1. The second kappa shape index (κ2) is 6.84. The van der Waals surface area contributed by atoms with Crippen LogP contribution >= 0.6 is 11.8 Å². The van der Waals surface area contributed by atoms with Gasteiger partial charge in [0.25, 0.3) is 5.91 Å². The molecule has 0 unspecified atom stereocenters. The van der Waals surface area contributed by atoms with Crippen molar-refractivity contribution in [3.05, 3.63) is 29.8 Å². The number of aliphatic carboxylic acids is 1. The van der Waals surface area contributed by atoms with Gasteiger partial charge in [-0.15, -0.1) is 0 Å². The number of carboxylic acids is 1. The Labute approximate surface area is 123 Å². The Hall–Kier alpha value is -1.70.